The van der Waals surface area contributed by atoms with Gasteiger partial charge in [-0.3, -0.25) is 9.69 Å². The SMILES string of the molecule is Cc1ccc(-c2noc(CN3CCCC(C(=O)Nc4ccccc4Br)C3)n2)cc1. The van der Waals surface area contributed by atoms with E-state index < -0.39 is 0 Å². The summed E-state index contributed by atoms with van der Waals surface area (Å²) >= 11 is 3.48. The van der Waals surface area contributed by atoms with Gasteiger partial charge >= 0.3 is 0 Å². The number of aryl methyl sites for hydroxylation is 1. The standard InChI is InChI=1S/C22H23BrN4O2/c1-15-8-10-16(11-9-15)21-25-20(29-26-21)14-27-12-4-5-17(13-27)22(28)24-19-7-3-2-6-18(19)23/h2-3,6-11,17H,4-5,12-14H2,1H3,(H,24,28). The number of amides is 1. The van der Waals surface area contributed by atoms with E-state index in [0.717, 1.165) is 35.1 Å². The van der Waals surface area contributed by atoms with Crippen molar-refractivity contribution in [3.8, 4) is 11.4 Å². The number of hydrogen-bond acceptors (Lipinski definition) is 5. The molecule has 4 rings (SSSR count). The Morgan fingerprint density at radius 1 is 1.24 bits per heavy atom. The number of carbonyl (C=O) groups excluding carboxylic acids is 1. The summed E-state index contributed by atoms with van der Waals surface area (Å²) in [5, 5.41) is 7.13. The highest BCUT2D eigenvalue weighted by Crippen LogP contribution is 2.25. The zero-order valence-corrected chi connectivity index (χ0v) is 17.9. The molecule has 7 heteroatoms. The third-order valence-corrected chi connectivity index (χ3v) is 5.84. The molecule has 0 radical (unpaired) electrons. The van der Waals surface area contributed by atoms with E-state index in [4.69, 9.17) is 4.52 Å². The van der Waals surface area contributed by atoms with E-state index >= 15 is 0 Å². The van der Waals surface area contributed by atoms with Gasteiger partial charge < -0.3 is 9.84 Å². The van der Waals surface area contributed by atoms with Crippen molar-refractivity contribution in [2.45, 2.75) is 26.3 Å². The summed E-state index contributed by atoms with van der Waals surface area (Å²) in [5.74, 6) is 1.16. The lowest BCUT2D eigenvalue weighted by molar-refractivity contribution is -0.121. The fourth-order valence-electron chi connectivity index (χ4n) is 3.54. The van der Waals surface area contributed by atoms with Gasteiger partial charge in [0.25, 0.3) is 0 Å². The van der Waals surface area contributed by atoms with Crippen molar-refractivity contribution < 1.29 is 9.32 Å². The third-order valence-electron chi connectivity index (χ3n) is 5.14. The van der Waals surface area contributed by atoms with Gasteiger partial charge in [0.15, 0.2) is 0 Å². The van der Waals surface area contributed by atoms with Crippen LogP contribution in [0, 0.1) is 12.8 Å². The third kappa shape index (κ3) is 4.92. The summed E-state index contributed by atoms with van der Waals surface area (Å²) in [4.78, 5) is 19.5. The molecule has 1 aromatic heterocycles. The van der Waals surface area contributed by atoms with Crippen LogP contribution in [0.3, 0.4) is 0 Å². The second kappa shape index (κ2) is 8.88. The van der Waals surface area contributed by atoms with Gasteiger partial charge in [-0.05, 0) is 54.4 Å². The summed E-state index contributed by atoms with van der Waals surface area (Å²) < 4.78 is 6.33. The molecule has 1 N–H and O–H groups in total. The van der Waals surface area contributed by atoms with Crippen LogP contribution in [0.1, 0.15) is 24.3 Å². The first kappa shape index (κ1) is 19.8. The molecule has 0 saturated carbocycles. The highest BCUT2D eigenvalue weighted by molar-refractivity contribution is 9.10. The largest absolute Gasteiger partial charge is 0.338 e. The molecule has 1 aliphatic heterocycles. The van der Waals surface area contributed by atoms with Crippen LogP contribution in [-0.2, 0) is 11.3 Å². The molecule has 1 unspecified atom stereocenters. The Morgan fingerprint density at radius 3 is 2.83 bits per heavy atom. The van der Waals surface area contributed by atoms with Gasteiger partial charge in [0.05, 0.1) is 18.2 Å². The Morgan fingerprint density at radius 2 is 2.03 bits per heavy atom. The number of anilines is 1. The number of piperidine rings is 1. The molecule has 2 aromatic carbocycles. The summed E-state index contributed by atoms with van der Waals surface area (Å²) in [7, 11) is 0. The number of aromatic nitrogens is 2. The van der Waals surface area contributed by atoms with E-state index in [1.807, 2.05) is 55.5 Å². The van der Waals surface area contributed by atoms with E-state index in [9.17, 15) is 4.79 Å². The van der Waals surface area contributed by atoms with E-state index in [2.05, 4.69) is 36.3 Å². The molecule has 1 atom stereocenters. The van der Waals surface area contributed by atoms with E-state index in [-0.39, 0.29) is 11.8 Å². The molecular formula is C22H23BrN4O2. The van der Waals surface area contributed by atoms with Gasteiger partial charge in [-0.25, -0.2) is 0 Å². The van der Waals surface area contributed by atoms with Gasteiger partial charge in [0, 0.05) is 16.6 Å². The summed E-state index contributed by atoms with van der Waals surface area (Å²) in [6.45, 7) is 4.20. The van der Waals surface area contributed by atoms with Gasteiger partial charge in [-0.2, -0.15) is 4.98 Å². The maximum absolute atomic E-state index is 12.7. The molecule has 29 heavy (non-hydrogen) atoms. The minimum atomic E-state index is -0.0599. The number of benzene rings is 2. The first-order valence-electron chi connectivity index (χ1n) is 9.76. The topological polar surface area (TPSA) is 71.3 Å². The van der Waals surface area contributed by atoms with Crippen LogP contribution in [0.15, 0.2) is 57.5 Å². The normalized spacial score (nSPS) is 17.2. The van der Waals surface area contributed by atoms with Gasteiger partial charge in [-0.1, -0.05) is 47.1 Å². The highest BCUT2D eigenvalue weighted by atomic mass is 79.9. The quantitative estimate of drug-likeness (QED) is 0.606. The highest BCUT2D eigenvalue weighted by Gasteiger charge is 2.27. The zero-order chi connectivity index (χ0) is 20.2. The molecule has 1 amide bonds. The molecule has 0 aliphatic carbocycles. The summed E-state index contributed by atoms with van der Waals surface area (Å²) in [6, 6.07) is 15.7. The van der Waals surface area contributed by atoms with Gasteiger partial charge in [-0.15, -0.1) is 0 Å². The minimum absolute atomic E-state index is 0.0486. The Kier molecular flexibility index (Phi) is 6.06. The number of para-hydroxylation sites is 1. The van der Waals surface area contributed by atoms with Crippen molar-refractivity contribution in [1.82, 2.24) is 15.0 Å². The van der Waals surface area contributed by atoms with Crippen molar-refractivity contribution in [2.75, 3.05) is 18.4 Å². The molecular weight excluding hydrogens is 432 g/mol. The number of carbonyl (C=O) groups is 1. The first-order valence-corrected chi connectivity index (χ1v) is 10.5. The second-order valence-corrected chi connectivity index (χ2v) is 8.28. The smallest absolute Gasteiger partial charge is 0.241 e. The minimum Gasteiger partial charge on any atom is -0.338 e. The second-order valence-electron chi connectivity index (χ2n) is 7.42. The molecule has 150 valence electrons. The monoisotopic (exact) mass is 454 g/mol. The average molecular weight is 455 g/mol. The zero-order valence-electron chi connectivity index (χ0n) is 16.3. The van der Waals surface area contributed by atoms with Gasteiger partial charge in [0.1, 0.15) is 0 Å². The Bertz CT molecular complexity index is 986. The lowest BCUT2D eigenvalue weighted by atomic mass is 9.97. The number of likely N-dealkylation sites (tertiary alicyclic amines) is 1. The van der Waals surface area contributed by atoms with Crippen LogP contribution in [-0.4, -0.2) is 34.0 Å². The molecule has 0 bridgehead atoms. The number of hydrogen-bond donors (Lipinski definition) is 1. The average Bonchev–Trinajstić information content (AvgIpc) is 3.19. The van der Waals surface area contributed by atoms with Crippen molar-refractivity contribution in [2.24, 2.45) is 5.92 Å². The Hall–Kier alpha value is -2.51. The fourth-order valence-corrected chi connectivity index (χ4v) is 3.92. The number of rotatable bonds is 5. The predicted octanol–water partition coefficient (Wildman–Crippen LogP) is 4.66. The van der Waals surface area contributed by atoms with Crippen LogP contribution in [0.5, 0.6) is 0 Å². The lowest BCUT2D eigenvalue weighted by Crippen LogP contribution is -2.40. The first-order chi connectivity index (χ1) is 14.1. The van der Waals surface area contributed by atoms with Crippen LogP contribution in [0.4, 0.5) is 5.69 Å². The van der Waals surface area contributed by atoms with E-state index in [1.54, 1.807) is 0 Å². The number of nitrogens with one attached hydrogen (secondary N) is 1. The molecule has 2 heterocycles. The molecule has 3 aromatic rings. The Balaban J connectivity index is 1.37. The molecule has 0 spiro atoms. The Labute approximate surface area is 178 Å². The number of halogens is 1. The van der Waals surface area contributed by atoms with Crippen LogP contribution < -0.4 is 5.32 Å². The maximum atomic E-state index is 12.7. The van der Waals surface area contributed by atoms with Crippen molar-refractivity contribution >= 4 is 27.5 Å². The van der Waals surface area contributed by atoms with E-state index in [0.29, 0.717) is 24.8 Å². The van der Waals surface area contributed by atoms with E-state index in [1.165, 1.54) is 5.56 Å². The van der Waals surface area contributed by atoms with Gasteiger partial charge in [0.2, 0.25) is 17.6 Å². The molecule has 1 fully saturated rings. The summed E-state index contributed by atoms with van der Waals surface area (Å²) in [5.41, 5.74) is 2.93. The fraction of sp³-hybridized carbons (Fsp3) is 0.318. The number of nitrogens with zero attached hydrogens (tertiary/aromatic N) is 3. The van der Waals surface area contributed by atoms with Crippen LogP contribution in [0.25, 0.3) is 11.4 Å². The lowest BCUT2D eigenvalue weighted by Gasteiger charge is -2.30. The van der Waals surface area contributed by atoms with Crippen molar-refractivity contribution in [1.29, 1.82) is 0 Å². The summed E-state index contributed by atoms with van der Waals surface area (Å²) in [6.07, 6.45) is 1.85. The van der Waals surface area contributed by atoms with Crippen molar-refractivity contribution in [3.05, 3.63) is 64.5 Å². The molecule has 1 saturated heterocycles. The molecule has 1 aliphatic rings. The van der Waals surface area contributed by atoms with Crippen molar-refractivity contribution in [3.63, 3.8) is 0 Å². The van der Waals surface area contributed by atoms with Crippen LogP contribution >= 0.6 is 15.9 Å². The molecule has 6 nitrogen and oxygen atoms in total. The maximum Gasteiger partial charge on any atom is 0.241 e. The van der Waals surface area contributed by atoms with Crippen LogP contribution in [0.2, 0.25) is 0 Å². The predicted molar refractivity (Wildman–Crippen MR) is 115 cm³/mol.